The first kappa shape index (κ1) is 19.6. The summed E-state index contributed by atoms with van der Waals surface area (Å²) in [7, 11) is 0. The van der Waals surface area contributed by atoms with E-state index < -0.39 is 0 Å². The molecule has 0 bridgehead atoms. The summed E-state index contributed by atoms with van der Waals surface area (Å²) in [5.74, 6) is 0.417. The molecule has 0 saturated heterocycles. The molecule has 6 heteroatoms. The van der Waals surface area contributed by atoms with E-state index in [1.54, 1.807) is 12.1 Å². The number of aromatic nitrogens is 2. The van der Waals surface area contributed by atoms with Crippen molar-refractivity contribution in [2.75, 3.05) is 0 Å². The van der Waals surface area contributed by atoms with Crippen LogP contribution < -0.4 is 10.6 Å². The third-order valence-electron chi connectivity index (χ3n) is 4.78. The summed E-state index contributed by atoms with van der Waals surface area (Å²) in [6, 6.07) is 16.5. The molecule has 1 aromatic heterocycles. The first-order chi connectivity index (χ1) is 13.5. The van der Waals surface area contributed by atoms with Gasteiger partial charge in [0.25, 0.3) is 5.91 Å². The Morgan fingerprint density at radius 3 is 2.39 bits per heavy atom. The average Bonchev–Trinajstić information content (AvgIpc) is 3.07. The summed E-state index contributed by atoms with van der Waals surface area (Å²) in [4.78, 5) is 29.7. The zero-order valence-corrected chi connectivity index (χ0v) is 16.5. The molecule has 2 atom stereocenters. The van der Waals surface area contributed by atoms with Gasteiger partial charge >= 0.3 is 0 Å². The van der Waals surface area contributed by atoms with Crippen molar-refractivity contribution in [3.05, 3.63) is 66.0 Å². The Balaban J connectivity index is 1.87. The fraction of sp³-hybridized carbons (Fsp3) is 0.318. The minimum atomic E-state index is -0.350. The van der Waals surface area contributed by atoms with Gasteiger partial charge in [-0.15, -0.1) is 0 Å². The standard InChI is InChI=1S/C22H26N4O2/c1-4-15(2)23-20(27)14-26-19-13-9-8-12-18(19)25-21(26)16(3)24-22(28)17-10-6-5-7-11-17/h5-13,15-16H,4,14H2,1-3H3,(H,23,27)(H,24,28). The van der Waals surface area contributed by atoms with E-state index in [1.807, 2.05) is 67.8 Å². The lowest BCUT2D eigenvalue weighted by Crippen LogP contribution is -2.36. The van der Waals surface area contributed by atoms with Crippen molar-refractivity contribution in [1.82, 2.24) is 20.2 Å². The lowest BCUT2D eigenvalue weighted by Gasteiger charge is -2.17. The number of para-hydroxylation sites is 2. The van der Waals surface area contributed by atoms with Crippen LogP contribution in [0.2, 0.25) is 0 Å². The molecule has 2 aromatic carbocycles. The molecule has 28 heavy (non-hydrogen) atoms. The van der Waals surface area contributed by atoms with Gasteiger partial charge in [0.1, 0.15) is 12.4 Å². The number of hydrogen-bond acceptors (Lipinski definition) is 3. The van der Waals surface area contributed by atoms with E-state index in [-0.39, 0.29) is 30.4 Å². The van der Waals surface area contributed by atoms with Gasteiger partial charge in [-0.3, -0.25) is 9.59 Å². The van der Waals surface area contributed by atoms with E-state index in [0.717, 1.165) is 17.5 Å². The fourth-order valence-corrected chi connectivity index (χ4v) is 3.09. The molecule has 2 amide bonds. The third-order valence-corrected chi connectivity index (χ3v) is 4.78. The van der Waals surface area contributed by atoms with Gasteiger partial charge in [-0.05, 0) is 44.5 Å². The molecular formula is C22H26N4O2. The summed E-state index contributed by atoms with van der Waals surface area (Å²) in [5.41, 5.74) is 2.26. The molecule has 0 aliphatic carbocycles. The number of nitrogens with zero attached hydrogens (tertiary/aromatic N) is 2. The minimum absolute atomic E-state index is 0.0691. The molecule has 0 spiro atoms. The van der Waals surface area contributed by atoms with Crippen LogP contribution in [0.1, 0.15) is 49.4 Å². The predicted molar refractivity (Wildman–Crippen MR) is 110 cm³/mol. The Morgan fingerprint density at radius 2 is 1.68 bits per heavy atom. The van der Waals surface area contributed by atoms with Gasteiger partial charge in [0.05, 0.1) is 17.1 Å². The zero-order chi connectivity index (χ0) is 20.1. The van der Waals surface area contributed by atoms with Gasteiger partial charge in [0.2, 0.25) is 5.91 Å². The van der Waals surface area contributed by atoms with Gasteiger partial charge in [-0.25, -0.2) is 4.98 Å². The first-order valence-electron chi connectivity index (χ1n) is 9.60. The molecule has 3 rings (SSSR count). The second-order valence-corrected chi connectivity index (χ2v) is 6.98. The van der Waals surface area contributed by atoms with Crippen molar-refractivity contribution in [3.8, 4) is 0 Å². The monoisotopic (exact) mass is 378 g/mol. The number of amides is 2. The summed E-state index contributed by atoms with van der Waals surface area (Å²) in [5, 5.41) is 5.98. The molecule has 6 nitrogen and oxygen atoms in total. The lowest BCUT2D eigenvalue weighted by molar-refractivity contribution is -0.122. The summed E-state index contributed by atoms with van der Waals surface area (Å²) >= 11 is 0. The maximum absolute atomic E-state index is 12.5. The second-order valence-electron chi connectivity index (χ2n) is 6.98. The normalized spacial score (nSPS) is 13.1. The molecule has 0 aliphatic rings. The highest BCUT2D eigenvalue weighted by molar-refractivity contribution is 5.94. The zero-order valence-electron chi connectivity index (χ0n) is 16.5. The van der Waals surface area contributed by atoms with Crippen LogP contribution in [0.4, 0.5) is 0 Å². The quantitative estimate of drug-likeness (QED) is 0.661. The van der Waals surface area contributed by atoms with Crippen LogP contribution >= 0.6 is 0 Å². The van der Waals surface area contributed by atoms with Crippen molar-refractivity contribution < 1.29 is 9.59 Å². The number of imidazole rings is 1. The number of rotatable bonds is 7. The highest BCUT2D eigenvalue weighted by Crippen LogP contribution is 2.21. The van der Waals surface area contributed by atoms with Crippen LogP contribution in [0.15, 0.2) is 54.6 Å². The molecule has 0 radical (unpaired) electrons. The third kappa shape index (κ3) is 4.39. The highest BCUT2D eigenvalue weighted by atomic mass is 16.2. The molecular weight excluding hydrogens is 352 g/mol. The lowest BCUT2D eigenvalue weighted by atomic mass is 10.2. The molecule has 0 saturated carbocycles. The largest absolute Gasteiger partial charge is 0.352 e. The number of fused-ring (bicyclic) bond motifs is 1. The molecule has 0 fully saturated rings. The molecule has 146 valence electrons. The SMILES string of the molecule is CCC(C)NC(=O)Cn1c(C(C)NC(=O)c2ccccc2)nc2ccccc21. The Bertz CT molecular complexity index is 965. The van der Waals surface area contributed by atoms with Crippen molar-refractivity contribution in [1.29, 1.82) is 0 Å². The van der Waals surface area contributed by atoms with Crippen LogP contribution in [-0.2, 0) is 11.3 Å². The molecule has 2 unspecified atom stereocenters. The summed E-state index contributed by atoms with van der Waals surface area (Å²) in [6.45, 7) is 6.05. The summed E-state index contributed by atoms with van der Waals surface area (Å²) in [6.07, 6.45) is 0.868. The Kier molecular flexibility index (Phi) is 6.09. The summed E-state index contributed by atoms with van der Waals surface area (Å²) < 4.78 is 1.88. The van der Waals surface area contributed by atoms with Gasteiger partial charge in [-0.1, -0.05) is 37.3 Å². The molecule has 2 N–H and O–H groups in total. The van der Waals surface area contributed by atoms with Crippen LogP contribution in [0.25, 0.3) is 11.0 Å². The van der Waals surface area contributed by atoms with Crippen molar-refractivity contribution >= 4 is 22.8 Å². The molecule has 1 heterocycles. The first-order valence-corrected chi connectivity index (χ1v) is 9.60. The van der Waals surface area contributed by atoms with E-state index in [0.29, 0.717) is 11.4 Å². The van der Waals surface area contributed by atoms with Crippen LogP contribution in [0.3, 0.4) is 0 Å². The van der Waals surface area contributed by atoms with Crippen molar-refractivity contribution in [3.63, 3.8) is 0 Å². The van der Waals surface area contributed by atoms with E-state index in [9.17, 15) is 9.59 Å². The maximum atomic E-state index is 12.5. The topological polar surface area (TPSA) is 76.0 Å². The number of hydrogen-bond donors (Lipinski definition) is 2. The van der Waals surface area contributed by atoms with Crippen molar-refractivity contribution in [2.24, 2.45) is 0 Å². The van der Waals surface area contributed by atoms with Gasteiger partial charge in [0, 0.05) is 11.6 Å². The van der Waals surface area contributed by atoms with Crippen LogP contribution in [0.5, 0.6) is 0 Å². The average molecular weight is 378 g/mol. The van der Waals surface area contributed by atoms with E-state index in [1.165, 1.54) is 0 Å². The number of carbonyl (C=O) groups is 2. The smallest absolute Gasteiger partial charge is 0.251 e. The molecule has 0 aliphatic heterocycles. The van der Waals surface area contributed by atoms with Crippen LogP contribution in [-0.4, -0.2) is 27.4 Å². The highest BCUT2D eigenvalue weighted by Gasteiger charge is 2.20. The maximum Gasteiger partial charge on any atom is 0.251 e. The fourth-order valence-electron chi connectivity index (χ4n) is 3.09. The Morgan fingerprint density at radius 1 is 1.00 bits per heavy atom. The number of nitrogens with one attached hydrogen (secondary N) is 2. The Labute approximate surface area is 165 Å². The van der Waals surface area contributed by atoms with E-state index in [4.69, 9.17) is 0 Å². The van der Waals surface area contributed by atoms with Gasteiger partial charge in [-0.2, -0.15) is 0 Å². The Hall–Kier alpha value is -3.15. The predicted octanol–water partition coefficient (Wildman–Crippen LogP) is 3.44. The van der Waals surface area contributed by atoms with E-state index >= 15 is 0 Å². The molecule has 3 aromatic rings. The minimum Gasteiger partial charge on any atom is -0.352 e. The van der Waals surface area contributed by atoms with E-state index in [2.05, 4.69) is 15.6 Å². The van der Waals surface area contributed by atoms with Gasteiger partial charge in [0.15, 0.2) is 0 Å². The number of carbonyl (C=O) groups excluding carboxylic acids is 2. The van der Waals surface area contributed by atoms with Crippen molar-refractivity contribution in [2.45, 2.75) is 45.8 Å². The second kappa shape index (κ2) is 8.69. The number of benzene rings is 2. The van der Waals surface area contributed by atoms with Crippen LogP contribution in [0, 0.1) is 0 Å². The van der Waals surface area contributed by atoms with Gasteiger partial charge < -0.3 is 15.2 Å².